The molecule has 0 aromatic rings. The van der Waals surface area contributed by atoms with Gasteiger partial charge in [0.05, 0.1) is 5.92 Å². The highest BCUT2D eigenvalue weighted by Crippen LogP contribution is 2.55. The molecule has 22 heavy (non-hydrogen) atoms. The van der Waals surface area contributed by atoms with E-state index in [-0.39, 0.29) is 17.5 Å². The Bertz CT molecular complexity index is 447. The number of nitrogens with zero attached hydrogens (tertiary/aromatic N) is 1. The molecule has 1 saturated heterocycles. The van der Waals surface area contributed by atoms with Crippen molar-refractivity contribution >= 4 is 12.0 Å². The summed E-state index contributed by atoms with van der Waals surface area (Å²) in [4.78, 5) is 25.5. The molecular weight excluding hydrogens is 280 g/mol. The fourth-order valence-corrected chi connectivity index (χ4v) is 5.90. The number of hydrogen-bond acceptors (Lipinski definition) is 2. The van der Waals surface area contributed by atoms with E-state index in [0.29, 0.717) is 25.9 Å². The van der Waals surface area contributed by atoms with Crippen molar-refractivity contribution in [3.05, 3.63) is 0 Å². The summed E-state index contributed by atoms with van der Waals surface area (Å²) in [5.74, 6) is 1.47. The van der Waals surface area contributed by atoms with Crippen molar-refractivity contribution in [2.75, 3.05) is 13.1 Å². The molecule has 2 N–H and O–H groups in total. The van der Waals surface area contributed by atoms with Gasteiger partial charge in [-0.3, -0.25) is 4.79 Å². The lowest BCUT2D eigenvalue weighted by molar-refractivity contribution is -0.143. The predicted molar refractivity (Wildman–Crippen MR) is 81.4 cm³/mol. The summed E-state index contributed by atoms with van der Waals surface area (Å²) in [6, 6.07) is 0.0470. The smallest absolute Gasteiger partial charge is 0.317 e. The van der Waals surface area contributed by atoms with Crippen molar-refractivity contribution in [1.29, 1.82) is 0 Å². The first-order valence-corrected chi connectivity index (χ1v) is 8.83. The van der Waals surface area contributed by atoms with Crippen LogP contribution in [0.1, 0.15) is 51.4 Å². The molecule has 5 aliphatic rings. The third kappa shape index (κ3) is 2.48. The maximum absolute atomic E-state index is 12.6. The Morgan fingerprint density at radius 3 is 1.91 bits per heavy atom. The Morgan fingerprint density at radius 2 is 1.45 bits per heavy atom. The Labute approximate surface area is 131 Å². The molecule has 5 fully saturated rings. The number of carboxylic acids is 1. The molecule has 0 aromatic carbocycles. The fourth-order valence-electron chi connectivity index (χ4n) is 5.90. The summed E-state index contributed by atoms with van der Waals surface area (Å²) in [6.07, 6.45) is 8.79. The molecule has 122 valence electrons. The lowest BCUT2D eigenvalue weighted by atomic mass is 9.53. The van der Waals surface area contributed by atoms with Gasteiger partial charge in [0, 0.05) is 18.6 Å². The van der Waals surface area contributed by atoms with Crippen molar-refractivity contribution in [2.24, 2.45) is 23.7 Å². The van der Waals surface area contributed by atoms with Crippen LogP contribution in [0.3, 0.4) is 0 Å². The van der Waals surface area contributed by atoms with Crippen LogP contribution in [0.25, 0.3) is 0 Å². The van der Waals surface area contributed by atoms with E-state index in [2.05, 4.69) is 5.32 Å². The van der Waals surface area contributed by atoms with E-state index >= 15 is 0 Å². The first-order valence-electron chi connectivity index (χ1n) is 8.83. The van der Waals surface area contributed by atoms with Gasteiger partial charge in [0.1, 0.15) is 0 Å². The van der Waals surface area contributed by atoms with Gasteiger partial charge >= 0.3 is 12.0 Å². The van der Waals surface area contributed by atoms with E-state index in [1.807, 2.05) is 4.90 Å². The number of rotatable bonds is 2. The van der Waals surface area contributed by atoms with E-state index < -0.39 is 5.97 Å². The highest BCUT2D eigenvalue weighted by Gasteiger charge is 2.51. The minimum absolute atomic E-state index is 0.0470. The second kappa shape index (κ2) is 5.14. The highest BCUT2D eigenvalue weighted by molar-refractivity contribution is 5.76. The Morgan fingerprint density at radius 1 is 0.955 bits per heavy atom. The average Bonchev–Trinajstić information content (AvgIpc) is 2.45. The van der Waals surface area contributed by atoms with Crippen LogP contribution in [0.2, 0.25) is 0 Å². The van der Waals surface area contributed by atoms with Gasteiger partial charge in [-0.2, -0.15) is 0 Å². The third-order valence-electron chi connectivity index (χ3n) is 6.54. The number of likely N-dealkylation sites (tertiary alicyclic amines) is 1. The van der Waals surface area contributed by atoms with Gasteiger partial charge in [-0.1, -0.05) is 0 Å². The molecule has 0 aromatic heterocycles. The first-order chi connectivity index (χ1) is 10.5. The van der Waals surface area contributed by atoms with E-state index in [4.69, 9.17) is 5.11 Å². The van der Waals surface area contributed by atoms with Gasteiger partial charge in [0.2, 0.25) is 0 Å². The summed E-state index contributed by atoms with van der Waals surface area (Å²) in [6.45, 7) is 1.16. The zero-order valence-corrected chi connectivity index (χ0v) is 13.1. The van der Waals surface area contributed by atoms with E-state index in [1.54, 1.807) is 0 Å². The van der Waals surface area contributed by atoms with Gasteiger partial charge in [0.25, 0.3) is 0 Å². The van der Waals surface area contributed by atoms with Gasteiger partial charge in [-0.15, -0.1) is 0 Å². The number of amides is 2. The standard InChI is InChI=1S/C17H26N2O3/c20-15(21)14-1-3-19(4-2-14)16(22)18-17-8-11-5-12(9-17)7-13(6-11)10-17/h11-14H,1-10H2,(H,18,22)(H,20,21). The predicted octanol–water partition coefficient (Wildman–Crippen LogP) is 2.46. The molecule has 4 bridgehead atoms. The summed E-state index contributed by atoms with van der Waals surface area (Å²) < 4.78 is 0. The van der Waals surface area contributed by atoms with E-state index in [0.717, 1.165) is 37.0 Å². The van der Waals surface area contributed by atoms with E-state index in [1.165, 1.54) is 19.3 Å². The molecule has 5 rings (SSSR count). The number of piperidine rings is 1. The SMILES string of the molecule is O=C(O)C1CCN(C(=O)NC23CC4CC(CC(C4)C2)C3)CC1. The number of aliphatic carboxylic acids is 1. The van der Waals surface area contributed by atoms with Gasteiger partial charge in [-0.25, -0.2) is 4.79 Å². The first kappa shape index (κ1) is 14.3. The normalized spacial score (nSPS) is 40.7. The molecule has 4 saturated carbocycles. The van der Waals surface area contributed by atoms with Gasteiger partial charge < -0.3 is 15.3 Å². The van der Waals surface area contributed by atoms with Crippen LogP contribution >= 0.6 is 0 Å². The van der Waals surface area contributed by atoms with Crippen LogP contribution in [0.15, 0.2) is 0 Å². The average molecular weight is 306 g/mol. The molecule has 0 radical (unpaired) electrons. The molecule has 0 spiro atoms. The molecule has 2 amide bonds. The molecule has 1 heterocycles. The summed E-state index contributed by atoms with van der Waals surface area (Å²) in [7, 11) is 0. The lowest BCUT2D eigenvalue weighted by Crippen LogP contribution is -2.62. The van der Waals surface area contributed by atoms with Crippen molar-refractivity contribution in [1.82, 2.24) is 10.2 Å². The topological polar surface area (TPSA) is 69.6 Å². The number of hydrogen-bond donors (Lipinski definition) is 2. The summed E-state index contributed by atoms with van der Waals surface area (Å²) in [5.41, 5.74) is 0.0511. The Hall–Kier alpha value is -1.26. The monoisotopic (exact) mass is 306 g/mol. The molecule has 4 aliphatic carbocycles. The van der Waals surface area contributed by atoms with Gasteiger partial charge in [0.15, 0.2) is 0 Å². The van der Waals surface area contributed by atoms with Crippen molar-refractivity contribution < 1.29 is 14.7 Å². The minimum atomic E-state index is -0.721. The molecule has 0 unspecified atom stereocenters. The zero-order valence-electron chi connectivity index (χ0n) is 13.1. The van der Waals surface area contributed by atoms with Crippen LogP contribution in [-0.4, -0.2) is 40.6 Å². The molecule has 1 aliphatic heterocycles. The lowest BCUT2D eigenvalue weighted by Gasteiger charge is -2.57. The largest absolute Gasteiger partial charge is 0.481 e. The zero-order chi connectivity index (χ0) is 15.3. The highest BCUT2D eigenvalue weighted by atomic mass is 16.4. The number of nitrogens with one attached hydrogen (secondary N) is 1. The quantitative estimate of drug-likeness (QED) is 0.823. The fraction of sp³-hybridized carbons (Fsp3) is 0.882. The van der Waals surface area contributed by atoms with Crippen LogP contribution in [0.5, 0.6) is 0 Å². The molecule has 5 nitrogen and oxygen atoms in total. The van der Waals surface area contributed by atoms with E-state index in [9.17, 15) is 9.59 Å². The minimum Gasteiger partial charge on any atom is -0.481 e. The molecule has 0 atom stereocenters. The molecular formula is C17H26N2O3. The molecule has 5 heteroatoms. The Balaban J connectivity index is 1.37. The number of carbonyl (C=O) groups excluding carboxylic acids is 1. The van der Waals surface area contributed by atoms with Crippen LogP contribution < -0.4 is 5.32 Å². The van der Waals surface area contributed by atoms with Crippen molar-refractivity contribution in [3.8, 4) is 0 Å². The van der Waals surface area contributed by atoms with Gasteiger partial charge in [-0.05, 0) is 69.1 Å². The number of carboxylic acid groups (broad SMARTS) is 1. The Kier molecular flexibility index (Phi) is 3.35. The summed E-state index contributed by atoms with van der Waals surface area (Å²) >= 11 is 0. The third-order valence-corrected chi connectivity index (χ3v) is 6.54. The maximum atomic E-state index is 12.6. The number of carbonyl (C=O) groups is 2. The number of urea groups is 1. The van der Waals surface area contributed by atoms with Crippen molar-refractivity contribution in [3.63, 3.8) is 0 Å². The summed E-state index contributed by atoms with van der Waals surface area (Å²) in [5, 5.41) is 12.4. The van der Waals surface area contributed by atoms with Crippen LogP contribution in [0.4, 0.5) is 4.79 Å². The second-order valence-corrected chi connectivity index (χ2v) is 8.23. The van der Waals surface area contributed by atoms with Crippen LogP contribution in [0, 0.1) is 23.7 Å². The second-order valence-electron chi connectivity index (χ2n) is 8.23. The van der Waals surface area contributed by atoms with Crippen LogP contribution in [-0.2, 0) is 4.79 Å². The van der Waals surface area contributed by atoms with Crippen molar-refractivity contribution in [2.45, 2.75) is 56.9 Å². The maximum Gasteiger partial charge on any atom is 0.317 e.